The van der Waals surface area contributed by atoms with Gasteiger partial charge in [-0.3, -0.25) is 0 Å². The van der Waals surface area contributed by atoms with Crippen molar-refractivity contribution in [3.05, 3.63) is 64.7 Å². The molecule has 112 valence electrons. The lowest BCUT2D eigenvalue weighted by atomic mass is 10.2. The summed E-state index contributed by atoms with van der Waals surface area (Å²) in [4.78, 5) is 0.199. The summed E-state index contributed by atoms with van der Waals surface area (Å²) in [6, 6.07) is 13.9. The van der Waals surface area contributed by atoms with Gasteiger partial charge in [0.15, 0.2) is 5.84 Å². The molecule has 0 N–H and O–H groups in total. The van der Waals surface area contributed by atoms with Crippen molar-refractivity contribution in [2.45, 2.75) is 4.90 Å². The van der Waals surface area contributed by atoms with Crippen LogP contribution in [0.4, 0.5) is 0 Å². The standard InChI is InChI=1S/C15H12ClN3O2S/c1-19(17-10-11-6-2-4-8-13(11)16)15-12-7-3-5-9-14(12)22(20,21)18-15/h2-10H,1H3/b17-10-. The third-order valence-electron chi connectivity index (χ3n) is 3.19. The SMILES string of the molecule is CN(/N=C\c1ccccc1Cl)C1=NS(=O)(=O)c2ccccc21. The maximum Gasteiger partial charge on any atom is 0.285 e. The lowest BCUT2D eigenvalue weighted by Gasteiger charge is -2.12. The van der Waals surface area contributed by atoms with Gasteiger partial charge < -0.3 is 0 Å². The van der Waals surface area contributed by atoms with Crippen LogP contribution in [-0.2, 0) is 10.0 Å². The number of hydrogen-bond acceptors (Lipinski definition) is 4. The molecule has 2 aromatic carbocycles. The average molecular weight is 334 g/mol. The number of rotatable bonds is 2. The fourth-order valence-corrected chi connectivity index (χ4v) is 3.52. The molecule has 5 nitrogen and oxygen atoms in total. The van der Waals surface area contributed by atoms with Gasteiger partial charge in [-0.25, -0.2) is 5.01 Å². The second-order valence-electron chi connectivity index (χ2n) is 4.68. The van der Waals surface area contributed by atoms with Crippen molar-refractivity contribution < 1.29 is 8.42 Å². The molecule has 0 atom stereocenters. The van der Waals surface area contributed by atoms with Crippen molar-refractivity contribution >= 4 is 33.7 Å². The summed E-state index contributed by atoms with van der Waals surface area (Å²) in [6.07, 6.45) is 1.57. The molecule has 1 aliphatic heterocycles. The van der Waals surface area contributed by atoms with Crippen LogP contribution in [0.15, 0.2) is 62.9 Å². The molecule has 22 heavy (non-hydrogen) atoms. The number of hydrazone groups is 1. The first-order valence-corrected chi connectivity index (χ1v) is 8.27. The molecule has 1 heterocycles. The molecular formula is C15H12ClN3O2S. The van der Waals surface area contributed by atoms with Gasteiger partial charge in [0.2, 0.25) is 0 Å². The number of fused-ring (bicyclic) bond motifs is 1. The molecule has 2 aromatic rings. The van der Waals surface area contributed by atoms with Gasteiger partial charge in [0.25, 0.3) is 10.0 Å². The highest BCUT2D eigenvalue weighted by molar-refractivity contribution is 7.90. The number of halogens is 1. The fraction of sp³-hybridized carbons (Fsp3) is 0.0667. The third kappa shape index (κ3) is 2.63. The minimum atomic E-state index is -3.64. The highest BCUT2D eigenvalue weighted by Gasteiger charge is 2.30. The van der Waals surface area contributed by atoms with Gasteiger partial charge in [-0.2, -0.15) is 13.5 Å². The van der Waals surface area contributed by atoms with E-state index in [1.54, 1.807) is 37.5 Å². The lowest BCUT2D eigenvalue weighted by Crippen LogP contribution is -2.21. The van der Waals surface area contributed by atoms with Crippen LogP contribution in [0.1, 0.15) is 11.1 Å². The van der Waals surface area contributed by atoms with E-state index < -0.39 is 10.0 Å². The van der Waals surface area contributed by atoms with E-state index in [1.165, 1.54) is 11.1 Å². The van der Waals surface area contributed by atoms with Gasteiger partial charge in [0.05, 0.1) is 6.21 Å². The Bertz CT molecular complexity index is 891. The van der Waals surface area contributed by atoms with E-state index >= 15 is 0 Å². The Morgan fingerprint density at radius 3 is 2.59 bits per heavy atom. The predicted octanol–water partition coefficient (Wildman–Crippen LogP) is 2.75. The topological polar surface area (TPSA) is 62.1 Å². The number of hydrogen-bond donors (Lipinski definition) is 0. The highest BCUT2D eigenvalue weighted by atomic mass is 35.5. The van der Waals surface area contributed by atoms with Gasteiger partial charge in [0, 0.05) is 23.2 Å². The van der Waals surface area contributed by atoms with Crippen molar-refractivity contribution in [1.82, 2.24) is 5.01 Å². The molecule has 0 saturated heterocycles. The van der Waals surface area contributed by atoms with E-state index in [9.17, 15) is 8.42 Å². The molecule has 1 aliphatic rings. The molecule has 3 rings (SSSR count). The molecule has 0 radical (unpaired) electrons. The lowest BCUT2D eigenvalue weighted by molar-refractivity contribution is 0.549. The maximum absolute atomic E-state index is 12.0. The van der Waals surface area contributed by atoms with Gasteiger partial charge in [-0.05, 0) is 18.2 Å². The van der Waals surface area contributed by atoms with Crippen LogP contribution < -0.4 is 0 Å². The Kier molecular flexibility index (Phi) is 3.72. The van der Waals surface area contributed by atoms with E-state index in [-0.39, 0.29) is 4.90 Å². The molecule has 0 aliphatic carbocycles. The van der Waals surface area contributed by atoms with Crippen LogP contribution in [0.25, 0.3) is 0 Å². The van der Waals surface area contributed by atoms with Crippen LogP contribution in [0.3, 0.4) is 0 Å². The summed E-state index contributed by atoms with van der Waals surface area (Å²) in [5, 5.41) is 6.22. The fourth-order valence-electron chi connectivity index (χ4n) is 2.11. The maximum atomic E-state index is 12.0. The summed E-state index contributed by atoms with van der Waals surface area (Å²) < 4.78 is 27.8. The summed E-state index contributed by atoms with van der Waals surface area (Å²) in [5.74, 6) is 0.291. The molecule has 0 fully saturated rings. The van der Waals surface area contributed by atoms with Crippen LogP contribution in [0.2, 0.25) is 5.02 Å². The number of sulfonamides is 1. The Labute approximate surface area is 133 Å². The van der Waals surface area contributed by atoms with Crippen molar-refractivity contribution in [3.63, 3.8) is 0 Å². The number of amidine groups is 1. The molecule has 0 bridgehead atoms. The smallest absolute Gasteiger partial charge is 0.250 e. The van der Waals surface area contributed by atoms with Gasteiger partial charge >= 0.3 is 0 Å². The normalized spacial score (nSPS) is 15.6. The van der Waals surface area contributed by atoms with E-state index in [2.05, 4.69) is 9.50 Å². The second-order valence-corrected chi connectivity index (χ2v) is 6.66. The van der Waals surface area contributed by atoms with E-state index in [1.807, 2.05) is 18.2 Å². The van der Waals surface area contributed by atoms with Crippen LogP contribution >= 0.6 is 11.6 Å². The minimum Gasteiger partial charge on any atom is -0.250 e. The zero-order valence-corrected chi connectivity index (χ0v) is 13.2. The van der Waals surface area contributed by atoms with Gasteiger partial charge in [-0.15, -0.1) is 4.40 Å². The summed E-state index contributed by atoms with van der Waals surface area (Å²) >= 11 is 6.06. The molecule has 0 aromatic heterocycles. The zero-order chi connectivity index (χ0) is 15.7. The predicted molar refractivity (Wildman–Crippen MR) is 87.0 cm³/mol. The number of nitrogens with zero attached hydrogens (tertiary/aromatic N) is 3. The van der Waals surface area contributed by atoms with Gasteiger partial charge in [-0.1, -0.05) is 41.9 Å². The van der Waals surface area contributed by atoms with Crippen LogP contribution in [0, 0.1) is 0 Å². The van der Waals surface area contributed by atoms with Crippen molar-refractivity contribution in [2.75, 3.05) is 7.05 Å². The third-order valence-corrected chi connectivity index (χ3v) is 4.86. The number of benzene rings is 2. The van der Waals surface area contributed by atoms with Crippen LogP contribution in [-0.4, -0.2) is 32.5 Å². The highest BCUT2D eigenvalue weighted by Crippen LogP contribution is 2.27. The quantitative estimate of drug-likeness (QED) is 0.627. The molecule has 0 amide bonds. The summed E-state index contributed by atoms with van der Waals surface area (Å²) in [5.41, 5.74) is 1.28. The van der Waals surface area contributed by atoms with Crippen molar-refractivity contribution in [3.8, 4) is 0 Å². The van der Waals surface area contributed by atoms with Crippen molar-refractivity contribution in [1.29, 1.82) is 0 Å². The minimum absolute atomic E-state index is 0.199. The Hall–Kier alpha value is -2.18. The molecule has 7 heteroatoms. The molecule has 0 spiro atoms. The summed E-state index contributed by atoms with van der Waals surface area (Å²) in [6.45, 7) is 0. The Morgan fingerprint density at radius 1 is 1.14 bits per heavy atom. The second kappa shape index (κ2) is 5.55. The van der Waals surface area contributed by atoms with Gasteiger partial charge in [0.1, 0.15) is 4.90 Å². The van der Waals surface area contributed by atoms with E-state index in [0.29, 0.717) is 16.4 Å². The Morgan fingerprint density at radius 2 is 1.82 bits per heavy atom. The first kappa shape index (κ1) is 14.7. The molecule has 0 unspecified atom stereocenters. The Balaban J connectivity index is 1.94. The largest absolute Gasteiger partial charge is 0.285 e. The summed E-state index contributed by atoms with van der Waals surface area (Å²) in [7, 11) is -2.00. The average Bonchev–Trinajstić information content (AvgIpc) is 2.79. The first-order chi connectivity index (χ1) is 10.5. The molecular weight excluding hydrogens is 322 g/mol. The monoisotopic (exact) mass is 333 g/mol. The van der Waals surface area contributed by atoms with E-state index in [0.717, 1.165) is 5.56 Å². The molecule has 0 saturated carbocycles. The first-order valence-electron chi connectivity index (χ1n) is 6.46. The zero-order valence-electron chi connectivity index (χ0n) is 11.6. The van der Waals surface area contributed by atoms with Crippen molar-refractivity contribution in [2.24, 2.45) is 9.50 Å². The van der Waals surface area contributed by atoms with Crippen LogP contribution in [0.5, 0.6) is 0 Å². The van der Waals surface area contributed by atoms with E-state index in [4.69, 9.17) is 11.6 Å².